The fourth-order valence-corrected chi connectivity index (χ4v) is 2.55. The van der Waals surface area contributed by atoms with Crippen molar-refractivity contribution in [1.82, 2.24) is 0 Å². The molecule has 0 aliphatic heterocycles. The van der Waals surface area contributed by atoms with Gasteiger partial charge in [-0.05, 0) is 45.6 Å². The first kappa shape index (κ1) is 13.8. The van der Waals surface area contributed by atoms with E-state index in [0.717, 1.165) is 16.5 Å². The van der Waals surface area contributed by atoms with E-state index in [9.17, 15) is 9.18 Å². The van der Waals surface area contributed by atoms with Crippen LogP contribution in [0.15, 0.2) is 65.1 Å². The average Bonchev–Trinajstić information content (AvgIpc) is 2.50. The van der Waals surface area contributed by atoms with Crippen molar-refractivity contribution >= 4 is 38.3 Å². The van der Waals surface area contributed by atoms with E-state index in [-0.39, 0.29) is 10.4 Å². The number of carbonyl (C=O) groups excluding carboxylic acids is 1. The Bertz CT molecular complexity index is 827. The van der Waals surface area contributed by atoms with Gasteiger partial charge in [0, 0.05) is 16.6 Å². The molecule has 1 N–H and O–H groups in total. The minimum atomic E-state index is -0.392. The summed E-state index contributed by atoms with van der Waals surface area (Å²) in [5, 5.41) is 4.88. The monoisotopic (exact) mass is 343 g/mol. The van der Waals surface area contributed by atoms with Crippen molar-refractivity contribution in [2.45, 2.75) is 0 Å². The molecule has 0 spiro atoms. The van der Waals surface area contributed by atoms with Crippen LogP contribution in [0.1, 0.15) is 10.4 Å². The van der Waals surface area contributed by atoms with Crippen LogP contribution in [0, 0.1) is 5.82 Å². The van der Waals surface area contributed by atoms with Crippen molar-refractivity contribution in [3.05, 3.63) is 76.5 Å². The number of nitrogens with one attached hydrogen (secondary N) is 1. The van der Waals surface area contributed by atoms with Gasteiger partial charge in [-0.25, -0.2) is 4.39 Å². The number of hydrogen-bond acceptors (Lipinski definition) is 1. The van der Waals surface area contributed by atoms with Gasteiger partial charge in [0.15, 0.2) is 0 Å². The van der Waals surface area contributed by atoms with Crippen molar-refractivity contribution in [2.75, 3.05) is 5.32 Å². The largest absolute Gasteiger partial charge is 0.321 e. The van der Waals surface area contributed by atoms with Crippen LogP contribution >= 0.6 is 15.9 Å². The molecule has 0 atom stereocenters. The summed E-state index contributed by atoms with van der Waals surface area (Å²) in [6.45, 7) is 0. The van der Waals surface area contributed by atoms with Gasteiger partial charge in [0.05, 0.1) is 4.47 Å². The van der Waals surface area contributed by atoms with Crippen LogP contribution < -0.4 is 5.32 Å². The Kier molecular flexibility index (Phi) is 3.71. The number of benzene rings is 3. The molecule has 3 rings (SSSR count). The molecule has 0 heterocycles. The topological polar surface area (TPSA) is 29.1 Å². The molecule has 0 aromatic heterocycles. The van der Waals surface area contributed by atoms with Crippen LogP contribution in [0.25, 0.3) is 10.8 Å². The third-order valence-electron chi connectivity index (χ3n) is 3.22. The highest BCUT2D eigenvalue weighted by atomic mass is 79.9. The standard InChI is InChI=1S/C17H11BrFNO/c18-14-10-12(8-9-15(14)19)17(21)20-16-7-3-5-11-4-1-2-6-13(11)16/h1-10H,(H,20,21). The lowest BCUT2D eigenvalue weighted by Crippen LogP contribution is -2.12. The van der Waals surface area contributed by atoms with Crippen LogP contribution in [0.3, 0.4) is 0 Å². The molecule has 104 valence electrons. The maximum Gasteiger partial charge on any atom is 0.255 e. The van der Waals surface area contributed by atoms with Crippen molar-refractivity contribution < 1.29 is 9.18 Å². The molecule has 0 saturated carbocycles. The zero-order valence-electron chi connectivity index (χ0n) is 10.9. The Morgan fingerprint density at radius 1 is 1.00 bits per heavy atom. The van der Waals surface area contributed by atoms with Crippen LogP contribution in [0.4, 0.5) is 10.1 Å². The van der Waals surface area contributed by atoms with Gasteiger partial charge in [-0.15, -0.1) is 0 Å². The second-order valence-corrected chi connectivity index (χ2v) is 5.46. The van der Waals surface area contributed by atoms with Crippen LogP contribution in [0.5, 0.6) is 0 Å². The quantitative estimate of drug-likeness (QED) is 0.697. The fourth-order valence-electron chi connectivity index (χ4n) is 2.17. The van der Waals surface area contributed by atoms with E-state index in [2.05, 4.69) is 21.2 Å². The summed E-state index contributed by atoms with van der Waals surface area (Å²) in [7, 11) is 0. The van der Waals surface area contributed by atoms with Crippen molar-refractivity contribution in [3.8, 4) is 0 Å². The number of hydrogen-bond donors (Lipinski definition) is 1. The Hall–Kier alpha value is -2.20. The summed E-state index contributed by atoms with van der Waals surface area (Å²) in [6, 6.07) is 17.7. The summed E-state index contributed by atoms with van der Waals surface area (Å²) in [6.07, 6.45) is 0. The van der Waals surface area contributed by atoms with E-state index in [0.29, 0.717) is 5.56 Å². The normalized spacial score (nSPS) is 10.6. The number of amides is 1. The molecule has 0 aliphatic rings. The van der Waals surface area contributed by atoms with E-state index in [4.69, 9.17) is 0 Å². The van der Waals surface area contributed by atoms with Crippen LogP contribution in [-0.4, -0.2) is 5.91 Å². The predicted octanol–water partition coefficient (Wildman–Crippen LogP) is 4.99. The van der Waals surface area contributed by atoms with Gasteiger partial charge in [-0.1, -0.05) is 36.4 Å². The molecule has 21 heavy (non-hydrogen) atoms. The molecule has 0 radical (unpaired) electrons. The van der Waals surface area contributed by atoms with Gasteiger partial charge in [0.25, 0.3) is 5.91 Å². The van der Waals surface area contributed by atoms with Crippen molar-refractivity contribution in [2.24, 2.45) is 0 Å². The predicted molar refractivity (Wildman–Crippen MR) is 86.0 cm³/mol. The van der Waals surface area contributed by atoms with Gasteiger partial charge >= 0.3 is 0 Å². The first-order chi connectivity index (χ1) is 10.1. The zero-order chi connectivity index (χ0) is 14.8. The van der Waals surface area contributed by atoms with E-state index in [1.54, 1.807) is 0 Å². The average molecular weight is 344 g/mol. The van der Waals surface area contributed by atoms with Gasteiger partial charge in [0.1, 0.15) is 5.82 Å². The summed E-state index contributed by atoms with van der Waals surface area (Å²) in [5.74, 6) is -0.663. The number of carbonyl (C=O) groups is 1. The number of anilines is 1. The van der Waals surface area contributed by atoms with E-state index < -0.39 is 5.82 Å². The molecule has 0 fully saturated rings. The molecule has 4 heteroatoms. The zero-order valence-corrected chi connectivity index (χ0v) is 12.5. The van der Waals surface area contributed by atoms with Gasteiger partial charge < -0.3 is 5.32 Å². The Balaban J connectivity index is 1.94. The molecule has 1 amide bonds. The second-order valence-electron chi connectivity index (χ2n) is 4.61. The van der Waals surface area contributed by atoms with Crippen molar-refractivity contribution in [3.63, 3.8) is 0 Å². The molecule has 0 aliphatic carbocycles. The highest BCUT2D eigenvalue weighted by molar-refractivity contribution is 9.10. The van der Waals surface area contributed by atoms with Gasteiger partial charge in [0.2, 0.25) is 0 Å². The fraction of sp³-hybridized carbons (Fsp3) is 0. The SMILES string of the molecule is O=C(Nc1cccc2ccccc12)c1ccc(F)c(Br)c1. The molecule has 0 unspecified atom stereocenters. The Morgan fingerprint density at radius 3 is 2.57 bits per heavy atom. The maximum absolute atomic E-state index is 13.2. The smallest absolute Gasteiger partial charge is 0.255 e. The molecular formula is C17H11BrFNO. The third kappa shape index (κ3) is 2.81. The molecule has 0 bridgehead atoms. The van der Waals surface area contributed by atoms with Crippen molar-refractivity contribution in [1.29, 1.82) is 0 Å². The lowest BCUT2D eigenvalue weighted by molar-refractivity contribution is 0.102. The van der Waals surface area contributed by atoms with E-state index >= 15 is 0 Å². The first-order valence-corrected chi connectivity index (χ1v) is 7.18. The molecule has 3 aromatic rings. The molecule has 2 nitrogen and oxygen atoms in total. The van der Waals surface area contributed by atoms with E-state index in [1.807, 2.05) is 42.5 Å². The number of fused-ring (bicyclic) bond motifs is 1. The van der Waals surface area contributed by atoms with E-state index in [1.165, 1.54) is 18.2 Å². The Morgan fingerprint density at radius 2 is 1.76 bits per heavy atom. The molecular weight excluding hydrogens is 333 g/mol. The first-order valence-electron chi connectivity index (χ1n) is 6.39. The van der Waals surface area contributed by atoms with Gasteiger partial charge in [-0.2, -0.15) is 0 Å². The van der Waals surface area contributed by atoms with Crippen LogP contribution in [-0.2, 0) is 0 Å². The number of halogens is 2. The lowest BCUT2D eigenvalue weighted by Gasteiger charge is -2.09. The maximum atomic E-state index is 13.2. The number of rotatable bonds is 2. The Labute approximate surface area is 129 Å². The highest BCUT2D eigenvalue weighted by Gasteiger charge is 2.10. The lowest BCUT2D eigenvalue weighted by atomic mass is 10.1. The summed E-state index contributed by atoms with van der Waals surface area (Å²) >= 11 is 3.08. The van der Waals surface area contributed by atoms with Crippen LogP contribution in [0.2, 0.25) is 0 Å². The summed E-state index contributed by atoms with van der Waals surface area (Å²) in [5.41, 5.74) is 1.13. The molecule has 0 saturated heterocycles. The highest BCUT2D eigenvalue weighted by Crippen LogP contribution is 2.24. The summed E-state index contributed by atoms with van der Waals surface area (Å²) in [4.78, 5) is 12.3. The minimum absolute atomic E-state index is 0.271. The second kappa shape index (κ2) is 5.66. The molecule has 3 aromatic carbocycles. The summed E-state index contributed by atoms with van der Waals surface area (Å²) < 4.78 is 13.5. The van der Waals surface area contributed by atoms with Gasteiger partial charge in [-0.3, -0.25) is 4.79 Å². The third-order valence-corrected chi connectivity index (χ3v) is 3.83. The minimum Gasteiger partial charge on any atom is -0.321 e.